The number of nitrogens with zero attached hydrogens (tertiary/aromatic N) is 1. The summed E-state index contributed by atoms with van der Waals surface area (Å²) in [4.78, 5) is 19.2. The number of hydrogen-bond donors (Lipinski definition) is 1. The van der Waals surface area contributed by atoms with Gasteiger partial charge in [-0.3, -0.25) is 4.79 Å². The summed E-state index contributed by atoms with van der Waals surface area (Å²) in [6.45, 7) is 5.27. The molecule has 0 radical (unpaired) electrons. The fourth-order valence-electron chi connectivity index (χ4n) is 4.38. The van der Waals surface area contributed by atoms with Crippen molar-refractivity contribution in [3.05, 3.63) is 59.2 Å². The molecule has 6 nitrogen and oxygen atoms in total. The minimum Gasteiger partial charge on any atom is -0.496 e. The molecule has 0 aromatic heterocycles. The number of para-hydroxylation sites is 1. The minimum absolute atomic E-state index is 0.0356. The first-order valence-corrected chi connectivity index (χ1v) is 10.8. The van der Waals surface area contributed by atoms with Gasteiger partial charge in [-0.05, 0) is 62.1 Å². The lowest BCUT2D eigenvalue weighted by molar-refractivity contribution is -0.134. The second-order valence-electron chi connectivity index (χ2n) is 8.52. The summed E-state index contributed by atoms with van der Waals surface area (Å²) in [5, 5.41) is 7.48. The third kappa shape index (κ3) is 4.59. The molecule has 0 aliphatic carbocycles. The number of carbonyl (C=O) groups is 1. The fourth-order valence-corrected chi connectivity index (χ4v) is 4.38. The zero-order valence-electron chi connectivity index (χ0n) is 18.4. The number of ether oxygens (including phenoxy) is 2. The van der Waals surface area contributed by atoms with Gasteiger partial charge >= 0.3 is 0 Å². The van der Waals surface area contributed by atoms with Crippen molar-refractivity contribution in [2.45, 2.75) is 45.6 Å². The summed E-state index contributed by atoms with van der Waals surface area (Å²) in [6.07, 6.45) is 2.46. The molecule has 0 spiro atoms. The molecule has 0 saturated carbocycles. The van der Waals surface area contributed by atoms with Crippen molar-refractivity contribution in [3.63, 3.8) is 0 Å². The molecule has 1 saturated heterocycles. The van der Waals surface area contributed by atoms with Crippen molar-refractivity contribution in [1.82, 2.24) is 0 Å². The topological polar surface area (TPSA) is 69.2 Å². The maximum Gasteiger partial charge on any atom is 0.230 e. The molecule has 164 valence electrons. The normalized spacial score (nSPS) is 20.0. The van der Waals surface area contributed by atoms with E-state index in [4.69, 9.17) is 14.3 Å². The summed E-state index contributed by atoms with van der Waals surface area (Å²) < 4.78 is 11.0. The summed E-state index contributed by atoms with van der Waals surface area (Å²) in [5.41, 5.74) is 4.46. The van der Waals surface area contributed by atoms with E-state index in [0.29, 0.717) is 38.9 Å². The van der Waals surface area contributed by atoms with Crippen molar-refractivity contribution in [3.8, 4) is 5.75 Å². The number of carbonyl (C=O) groups excluding carboxylic acids is 1. The Morgan fingerprint density at radius 1 is 1.16 bits per heavy atom. The first-order valence-electron chi connectivity index (χ1n) is 10.8. The van der Waals surface area contributed by atoms with Crippen LogP contribution in [0.4, 0.5) is 5.69 Å². The SMILES string of the molecule is COc1ccccc1C1=NO[C@@H](CC2(C(=O)Nc3ccc(C)c(C)c3)CCOCC2)C1. The summed E-state index contributed by atoms with van der Waals surface area (Å²) in [7, 11) is 1.65. The van der Waals surface area contributed by atoms with Crippen LogP contribution in [0.25, 0.3) is 0 Å². The average Bonchev–Trinajstić information content (AvgIpc) is 3.25. The predicted octanol–water partition coefficient (Wildman–Crippen LogP) is 4.63. The van der Waals surface area contributed by atoms with Crippen LogP contribution in [0.2, 0.25) is 0 Å². The van der Waals surface area contributed by atoms with Crippen LogP contribution in [0.15, 0.2) is 47.6 Å². The van der Waals surface area contributed by atoms with Crippen LogP contribution in [-0.4, -0.2) is 38.0 Å². The molecule has 4 rings (SSSR count). The van der Waals surface area contributed by atoms with Crippen LogP contribution < -0.4 is 10.1 Å². The molecule has 31 heavy (non-hydrogen) atoms. The molecular weight excluding hydrogens is 392 g/mol. The van der Waals surface area contributed by atoms with Crippen LogP contribution >= 0.6 is 0 Å². The lowest BCUT2D eigenvalue weighted by atomic mass is 9.74. The number of nitrogens with one attached hydrogen (secondary N) is 1. The molecule has 2 aliphatic rings. The van der Waals surface area contributed by atoms with E-state index >= 15 is 0 Å². The molecule has 1 fully saturated rings. The van der Waals surface area contributed by atoms with Crippen molar-refractivity contribution < 1.29 is 19.1 Å². The highest BCUT2D eigenvalue weighted by Crippen LogP contribution is 2.40. The molecule has 1 atom stereocenters. The molecule has 0 unspecified atom stereocenters. The number of aryl methyl sites for hydroxylation is 2. The van der Waals surface area contributed by atoms with Gasteiger partial charge in [-0.2, -0.15) is 0 Å². The fraction of sp³-hybridized carbons (Fsp3) is 0.440. The Labute approximate surface area is 183 Å². The average molecular weight is 423 g/mol. The van der Waals surface area contributed by atoms with E-state index < -0.39 is 5.41 Å². The van der Waals surface area contributed by atoms with Crippen LogP contribution in [0, 0.1) is 19.3 Å². The van der Waals surface area contributed by atoms with E-state index in [1.165, 1.54) is 5.56 Å². The Bertz CT molecular complexity index is 979. The van der Waals surface area contributed by atoms with Gasteiger partial charge in [0.15, 0.2) is 0 Å². The Hall–Kier alpha value is -2.86. The summed E-state index contributed by atoms with van der Waals surface area (Å²) >= 11 is 0. The second-order valence-corrected chi connectivity index (χ2v) is 8.52. The van der Waals surface area contributed by atoms with E-state index in [0.717, 1.165) is 28.3 Å². The van der Waals surface area contributed by atoms with E-state index in [1.807, 2.05) is 42.5 Å². The molecule has 2 aliphatic heterocycles. The number of anilines is 1. The highest BCUT2D eigenvalue weighted by atomic mass is 16.6. The van der Waals surface area contributed by atoms with Gasteiger partial charge in [0.25, 0.3) is 0 Å². The third-order valence-corrected chi connectivity index (χ3v) is 6.47. The van der Waals surface area contributed by atoms with Crippen molar-refractivity contribution in [1.29, 1.82) is 0 Å². The maximum absolute atomic E-state index is 13.4. The lowest BCUT2D eigenvalue weighted by Gasteiger charge is -2.37. The number of hydrogen-bond acceptors (Lipinski definition) is 5. The molecule has 1 amide bonds. The Balaban J connectivity index is 1.48. The summed E-state index contributed by atoms with van der Waals surface area (Å²) in [6, 6.07) is 13.8. The van der Waals surface area contributed by atoms with E-state index in [-0.39, 0.29) is 12.0 Å². The number of amides is 1. The van der Waals surface area contributed by atoms with Gasteiger partial charge in [-0.15, -0.1) is 0 Å². The van der Waals surface area contributed by atoms with Gasteiger partial charge in [0, 0.05) is 37.3 Å². The Morgan fingerprint density at radius 3 is 2.68 bits per heavy atom. The minimum atomic E-state index is -0.534. The highest BCUT2D eigenvalue weighted by molar-refractivity contribution is 6.03. The number of oxime groups is 1. The van der Waals surface area contributed by atoms with Crippen molar-refractivity contribution >= 4 is 17.3 Å². The Kier molecular flexibility index (Phi) is 6.28. The first kappa shape index (κ1) is 21.4. The smallest absolute Gasteiger partial charge is 0.230 e. The molecule has 2 aromatic carbocycles. The maximum atomic E-state index is 13.4. The van der Waals surface area contributed by atoms with Crippen LogP contribution in [0.1, 0.15) is 42.4 Å². The van der Waals surface area contributed by atoms with Crippen molar-refractivity contribution in [2.24, 2.45) is 10.6 Å². The van der Waals surface area contributed by atoms with Gasteiger partial charge in [-0.25, -0.2) is 0 Å². The third-order valence-electron chi connectivity index (χ3n) is 6.47. The summed E-state index contributed by atoms with van der Waals surface area (Å²) in [5.74, 6) is 0.812. The second kappa shape index (κ2) is 9.10. The van der Waals surface area contributed by atoms with Gasteiger partial charge in [0.05, 0.1) is 18.2 Å². The van der Waals surface area contributed by atoms with Crippen LogP contribution in [0.5, 0.6) is 5.75 Å². The Morgan fingerprint density at radius 2 is 1.94 bits per heavy atom. The molecule has 6 heteroatoms. The van der Waals surface area contributed by atoms with Crippen LogP contribution in [-0.2, 0) is 14.4 Å². The molecular formula is C25H30N2O4. The molecule has 2 heterocycles. The molecule has 2 aromatic rings. The quantitative estimate of drug-likeness (QED) is 0.737. The van der Waals surface area contributed by atoms with Gasteiger partial charge in [0.1, 0.15) is 11.9 Å². The number of methoxy groups -OCH3 is 1. The monoisotopic (exact) mass is 422 g/mol. The zero-order chi connectivity index (χ0) is 21.8. The predicted molar refractivity (Wildman–Crippen MR) is 121 cm³/mol. The van der Waals surface area contributed by atoms with Gasteiger partial charge in [-0.1, -0.05) is 23.4 Å². The van der Waals surface area contributed by atoms with E-state index in [9.17, 15) is 4.79 Å². The van der Waals surface area contributed by atoms with E-state index in [1.54, 1.807) is 7.11 Å². The molecule has 1 N–H and O–H groups in total. The number of benzene rings is 2. The van der Waals surface area contributed by atoms with Crippen LogP contribution in [0.3, 0.4) is 0 Å². The van der Waals surface area contributed by atoms with Gasteiger partial charge < -0.3 is 19.6 Å². The lowest BCUT2D eigenvalue weighted by Crippen LogP contribution is -2.43. The largest absolute Gasteiger partial charge is 0.496 e. The highest BCUT2D eigenvalue weighted by Gasteiger charge is 2.44. The van der Waals surface area contributed by atoms with E-state index in [2.05, 4.69) is 24.3 Å². The number of rotatable bonds is 6. The zero-order valence-corrected chi connectivity index (χ0v) is 18.4. The standard InChI is InChI=1S/C25H30N2O4/c1-17-8-9-19(14-18(17)2)26-24(28)25(10-12-30-13-11-25)16-20-15-22(27-31-20)21-6-4-5-7-23(21)29-3/h4-9,14,20H,10-13,15-16H2,1-3H3,(H,26,28)/t20-/m1/s1. The van der Waals surface area contributed by atoms with Gasteiger partial charge in [0.2, 0.25) is 5.91 Å². The first-order chi connectivity index (χ1) is 15.0. The molecule has 0 bridgehead atoms. The van der Waals surface area contributed by atoms with Crippen molar-refractivity contribution in [2.75, 3.05) is 25.6 Å².